The van der Waals surface area contributed by atoms with Gasteiger partial charge in [0.2, 0.25) is 5.91 Å². The molecule has 0 fully saturated rings. The molecule has 2 atom stereocenters. The standard InChI is InChI=1S/C21H22BrF2N3O/c22-14-2-4-20-13(7-14)11-27(6-5-26-20)21(28)10-19(25)15-3-1-12-8-17(23)18(24)9-16(12)15/h2,4,7-9,15,19,26H,1,3,5-6,10-11,25H2/t15-,19-/m0/s1. The molecule has 1 aliphatic carbocycles. The van der Waals surface area contributed by atoms with Crippen molar-refractivity contribution in [3.63, 3.8) is 0 Å². The zero-order chi connectivity index (χ0) is 19.8. The van der Waals surface area contributed by atoms with E-state index in [-0.39, 0.29) is 18.2 Å². The molecule has 0 saturated heterocycles. The van der Waals surface area contributed by atoms with Gasteiger partial charge in [-0.25, -0.2) is 8.78 Å². The van der Waals surface area contributed by atoms with E-state index in [1.54, 1.807) is 0 Å². The highest BCUT2D eigenvalue weighted by atomic mass is 79.9. The third-order valence-corrected chi connectivity index (χ3v) is 6.21. The van der Waals surface area contributed by atoms with Crippen molar-refractivity contribution in [2.75, 3.05) is 18.4 Å². The predicted octanol–water partition coefficient (Wildman–Crippen LogP) is 3.93. The number of halogens is 3. The van der Waals surface area contributed by atoms with E-state index in [1.165, 1.54) is 12.1 Å². The number of benzene rings is 2. The molecule has 28 heavy (non-hydrogen) atoms. The molecule has 1 amide bonds. The molecular weight excluding hydrogens is 428 g/mol. The summed E-state index contributed by atoms with van der Waals surface area (Å²) in [7, 11) is 0. The summed E-state index contributed by atoms with van der Waals surface area (Å²) in [6.45, 7) is 1.79. The van der Waals surface area contributed by atoms with Crippen LogP contribution in [0.4, 0.5) is 14.5 Å². The van der Waals surface area contributed by atoms with Crippen molar-refractivity contribution in [3.05, 3.63) is 63.1 Å². The normalized spacial score (nSPS) is 19.4. The molecule has 4 nitrogen and oxygen atoms in total. The summed E-state index contributed by atoms with van der Waals surface area (Å²) in [5.41, 5.74) is 9.98. The molecule has 0 spiro atoms. The molecule has 1 heterocycles. The Labute approximate surface area is 171 Å². The van der Waals surface area contributed by atoms with Gasteiger partial charge in [0.15, 0.2) is 11.6 Å². The van der Waals surface area contributed by atoms with Crippen molar-refractivity contribution < 1.29 is 13.6 Å². The van der Waals surface area contributed by atoms with Crippen LogP contribution in [0.3, 0.4) is 0 Å². The lowest BCUT2D eigenvalue weighted by Gasteiger charge is -2.25. The summed E-state index contributed by atoms with van der Waals surface area (Å²) in [6, 6.07) is 8.07. The minimum atomic E-state index is -0.857. The first-order valence-electron chi connectivity index (χ1n) is 9.46. The van der Waals surface area contributed by atoms with E-state index in [2.05, 4.69) is 21.2 Å². The van der Waals surface area contributed by atoms with Gasteiger partial charge in [-0.05, 0) is 59.9 Å². The predicted molar refractivity (Wildman–Crippen MR) is 108 cm³/mol. The molecule has 0 bridgehead atoms. The second kappa shape index (κ2) is 7.79. The first-order chi connectivity index (χ1) is 13.4. The number of carbonyl (C=O) groups is 1. The first-order valence-corrected chi connectivity index (χ1v) is 10.2. The van der Waals surface area contributed by atoms with Gasteiger partial charge in [-0.15, -0.1) is 0 Å². The summed E-state index contributed by atoms with van der Waals surface area (Å²) in [5, 5.41) is 3.35. The summed E-state index contributed by atoms with van der Waals surface area (Å²) in [5.74, 6) is -1.82. The van der Waals surface area contributed by atoms with E-state index in [1.807, 2.05) is 23.1 Å². The molecule has 2 aromatic carbocycles. The minimum absolute atomic E-state index is 0.0156. The topological polar surface area (TPSA) is 58.4 Å². The first kappa shape index (κ1) is 19.3. The molecule has 0 radical (unpaired) electrons. The Morgan fingerprint density at radius 2 is 2.04 bits per heavy atom. The van der Waals surface area contributed by atoms with E-state index in [0.29, 0.717) is 32.5 Å². The zero-order valence-electron chi connectivity index (χ0n) is 15.4. The second-order valence-electron chi connectivity index (χ2n) is 7.52. The van der Waals surface area contributed by atoms with Crippen molar-refractivity contribution >= 4 is 27.5 Å². The van der Waals surface area contributed by atoms with Crippen molar-refractivity contribution in [2.24, 2.45) is 5.73 Å². The largest absolute Gasteiger partial charge is 0.383 e. The number of carbonyl (C=O) groups excluding carboxylic acids is 1. The Kier molecular flexibility index (Phi) is 5.38. The van der Waals surface area contributed by atoms with Crippen molar-refractivity contribution in [2.45, 2.75) is 37.8 Å². The van der Waals surface area contributed by atoms with Crippen LogP contribution in [0.15, 0.2) is 34.8 Å². The van der Waals surface area contributed by atoms with Crippen LogP contribution >= 0.6 is 15.9 Å². The van der Waals surface area contributed by atoms with Gasteiger partial charge in [0.25, 0.3) is 0 Å². The highest BCUT2D eigenvalue weighted by Crippen LogP contribution is 2.37. The number of hydrogen-bond donors (Lipinski definition) is 2. The van der Waals surface area contributed by atoms with Crippen LogP contribution < -0.4 is 11.1 Å². The molecular formula is C21H22BrF2N3O. The van der Waals surface area contributed by atoms with Gasteiger partial charge < -0.3 is 16.0 Å². The van der Waals surface area contributed by atoms with Crippen LogP contribution in [0.2, 0.25) is 0 Å². The lowest BCUT2D eigenvalue weighted by Crippen LogP contribution is -2.38. The molecule has 0 saturated carbocycles. The van der Waals surface area contributed by atoms with Crippen LogP contribution in [0.25, 0.3) is 0 Å². The molecule has 0 unspecified atom stereocenters. The number of hydrogen-bond acceptors (Lipinski definition) is 3. The Morgan fingerprint density at radius 1 is 1.25 bits per heavy atom. The van der Waals surface area contributed by atoms with E-state index in [9.17, 15) is 13.6 Å². The third-order valence-electron chi connectivity index (χ3n) is 5.71. The number of nitrogens with one attached hydrogen (secondary N) is 1. The summed E-state index contributed by atoms with van der Waals surface area (Å²) in [4.78, 5) is 14.7. The van der Waals surface area contributed by atoms with Crippen LogP contribution in [-0.4, -0.2) is 29.9 Å². The maximum Gasteiger partial charge on any atom is 0.224 e. The fourth-order valence-corrected chi connectivity index (χ4v) is 4.65. The quantitative estimate of drug-likeness (QED) is 0.746. The van der Waals surface area contributed by atoms with E-state index >= 15 is 0 Å². The number of anilines is 1. The van der Waals surface area contributed by atoms with Gasteiger partial charge in [-0.1, -0.05) is 15.9 Å². The van der Waals surface area contributed by atoms with Crippen LogP contribution in [0.1, 0.15) is 35.4 Å². The molecule has 2 aromatic rings. The SMILES string of the molecule is N[C@@H](CC(=O)N1CCNc2ccc(Br)cc2C1)[C@H]1CCc2cc(F)c(F)cc21. The fraction of sp³-hybridized carbons (Fsp3) is 0.381. The molecule has 148 valence electrons. The van der Waals surface area contributed by atoms with Gasteiger partial charge in [-0.3, -0.25) is 4.79 Å². The van der Waals surface area contributed by atoms with Crippen molar-refractivity contribution in [3.8, 4) is 0 Å². The minimum Gasteiger partial charge on any atom is -0.383 e. The Balaban J connectivity index is 1.46. The molecule has 0 aromatic heterocycles. The lowest BCUT2D eigenvalue weighted by atomic mass is 9.91. The van der Waals surface area contributed by atoms with E-state index < -0.39 is 17.7 Å². The number of nitrogens with two attached hydrogens (primary N) is 1. The van der Waals surface area contributed by atoms with Gasteiger partial charge in [-0.2, -0.15) is 0 Å². The molecule has 2 aliphatic rings. The summed E-state index contributed by atoms with van der Waals surface area (Å²) >= 11 is 3.48. The maximum absolute atomic E-state index is 13.7. The number of aryl methyl sites for hydroxylation is 1. The molecule has 1 aliphatic heterocycles. The zero-order valence-corrected chi connectivity index (χ0v) is 16.9. The van der Waals surface area contributed by atoms with Crippen LogP contribution in [0.5, 0.6) is 0 Å². The highest BCUT2D eigenvalue weighted by Gasteiger charge is 2.31. The maximum atomic E-state index is 13.7. The lowest BCUT2D eigenvalue weighted by molar-refractivity contribution is -0.132. The fourth-order valence-electron chi connectivity index (χ4n) is 4.24. The third kappa shape index (κ3) is 3.78. The second-order valence-corrected chi connectivity index (χ2v) is 8.44. The van der Waals surface area contributed by atoms with E-state index in [4.69, 9.17) is 5.73 Å². The van der Waals surface area contributed by atoms with Gasteiger partial charge in [0.05, 0.1) is 0 Å². The van der Waals surface area contributed by atoms with Gasteiger partial charge in [0, 0.05) is 48.2 Å². The molecule has 7 heteroatoms. The summed E-state index contributed by atoms with van der Waals surface area (Å²) < 4.78 is 28.1. The van der Waals surface area contributed by atoms with E-state index in [0.717, 1.165) is 26.9 Å². The Bertz CT molecular complexity index is 921. The van der Waals surface area contributed by atoms with Crippen molar-refractivity contribution in [1.82, 2.24) is 4.90 Å². The molecule has 3 N–H and O–H groups in total. The van der Waals surface area contributed by atoms with Crippen LogP contribution in [-0.2, 0) is 17.8 Å². The van der Waals surface area contributed by atoms with Crippen molar-refractivity contribution in [1.29, 1.82) is 0 Å². The number of amides is 1. The Morgan fingerprint density at radius 3 is 2.86 bits per heavy atom. The average molecular weight is 450 g/mol. The smallest absolute Gasteiger partial charge is 0.224 e. The van der Waals surface area contributed by atoms with Gasteiger partial charge >= 0.3 is 0 Å². The molecule has 4 rings (SSSR count). The number of nitrogens with zero attached hydrogens (tertiary/aromatic N) is 1. The summed E-state index contributed by atoms with van der Waals surface area (Å²) in [6.07, 6.45) is 1.56. The highest BCUT2D eigenvalue weighted by molar-refractivity contribution is 9.10. The monoisotopic (exact) mass is 449 g/mol. The number of rotatable bonds is 3. The Hall–Kier alpha value is -1.99. The number of fused-ring (bicyclic) bond motifs is 2. The van der Waals surface area contributed by atoms with Gasteiger partial charge in [0.1, 0.15) is 0 Å². The van der Waals surface area contributed by atoms with Crippen LogP contribution in [0, 0.1) is 11.6 Å². The average Bonchev–Trinajstić information content (AvgIpc) is 2.93.